The van der Waals surface area contributed by atoms with Gasteiger partial charge in [0, 0.05) is 5.69 Å². The maximum Gasteiger partial charge on any atom is 0.407 e. The van der Waals surface area contributed by atoms with Crippen LogP contribution in [0.1, 0.15) is 17.4 Å². The topological polar surface area (TPSA) is 51.2 Å². The van der Waals surface area contributed by atoms with Crippen molar-refractivity contribution in [3.05, 3.63) is 29.3 Å². The Morgan fingerprint density at radius 1 is 1.64 bits per heavy atom. The van der Waals surface area contributed by atoms with Gasteiger partial charge in [0.1, 0.15) is 24.2 Å². The third kappa shape index (κ3) is 1.53. The van der Waals surface area contributed by atoms with Gasteiger partial charge >= 0.3 is 6.09 Å². The van der Waals surface area contributed by atoms with Gasteiger partial charge in [-0.3, -0.25) is 4.98 Å². The van der Waals surface area contributed by atoms with Crippen LogP contribution in [0.25, 0.3) is 0 Å². The maximum atomic E-state index is 13.3. The molecule has 0 unspecified atom stereocenters. The molecule has 1 saturated heterocycles. The lowest BCUT2D eigenvalue weighted by atomic mass is 10.2. The first-order valence-corrected chi connectivity index (χ1v) is 4.23. The van der Waals surface area contributed by atoms with Gasteiger partial charge in [0.05, 0.1) is 0 Å². The number of aromatic nitrogens is 1. The summed E-state index contributed by atoms with van der Waals surface area (Å²) in [6.07, 6.45) is -0.530. The molecule has 5 heteroatoms. The van der Waals surface area contributed by atoms with E-state index in [4.69, 9.17) is 0 Å². The van der Waals surface area contributed by atoms with Gasteiger partial charge in [-0.05, 0) is 19.1 Å². The fourth-order valence-corrected chi connectivity index (χ4v) is 1.34. The zero-order valence-corrected chi connectivity index (χ0v) is 7.58. The molecule has 0 spiro atoms. The molecule has 14 heavy (non-hydrogen) atoms. The average molecular weight is 196 g/mol. The van der Waals surface area contributed by atoms with Crippen LogP contribution in [0.3, 0.4) is 0 Å². The van der Waals surface area contributed by atoms with Gasteiger partial charge in [0.15, 0.2) is 0 Å². The van der Waals surface area contributed by atoms with Crippen LogP contribution in [0.4, 0.5) is 9.18 Å². The zero-order chi connectivity index (χ0) is 10.1. The summed E-state index contributed by atoms with van der Waals surface area (Å²) >= 11 is 0. The van der Waals surface area contributed by atoms with E-state index < -0.39 is 18.0 Å². The van der Waals surface area contributed by atoms with Crippen LogP contribution in [-0.4, -0.2) is 17.7 Å². The predicted octanol–water partition coefficient (Wildman–Crippen LogP) is 1.31. The largest absolute Gasteiger partial charge is 0.447 e. The highest BCUT2D eigenvalue weighted by atomic mass is 19.1. The minimum Gasteiger partial charge on any atom is -0.447 e. The zero-order valence-electron chi connectivity index (χ0n) is 7.58. The summed E-state index contributed by atoms with van der Waals surface area (Å²) in [5.74, 6) is -0.425. The smallest absolute Gasteiger partial charge is 0.407 e. The molecule has 1 atom stereocenters. The van der Waals surface area contributed by atoms with E-state index in [0.717, 1.165) is 0 Å². The second kappa shape index (κ2) is 3.25. The van der Waals surface area contributed by atoms with E-state index >= 15 is 0 Å². The maximum absolute atomic E-state index is 13.3. The molecule has 1 fully saturated rings. The summed E-state index contributed by atoms with van der Waals surface area (Å²) in [5, 5.41) is 2.47. The van der Waals surface area contributed by atoms with Crippen LogP contribution in [0, 0.1) is 12.7 Å². The minimum atomic E-state index is -0.530. The molecule has 0 bridgehead atoms. The molecule has 1 aliphatic rings. The van der Waals surface area contributed by atoms with Crippen molar-refractivity contribution in [3.8, 4) is 0 Å². The normalized spacial score (nSPS) is 20.4. The number of alkyl carbamates (subject to hydrolysis) is 1. The van der Waals surface area contributed by atoms with Crippen LogP contribution in [0.5, 0.6) is 0 Å². The van der Waals surface area contributed by atoms with Gasteiger partial charge in [0.2, 0.25) is 0 Å². The molecule has 2 rings (SSSR count). The monoisotopic (exact) mass is 196 g/mol. The van der Waals surface area contributed by atoms with E-state index in [1.807, 2.05) is 0 Å². The summed E-state index contributed by atoms with van der Waals surface area (Å²) in [7, 11) is 0. The number of amides is 1. The molecule has 4 nitrogen and oxygen atoms in total. The quantitative estimate of drug-likeness (QED) is 0.736. The van der Waals surface area contributed by atoms with Gasteiger partial charge in [-0.25, -0.2) is 9.18 Å². The fourth-order valence-electron chi connectivity index (χ4n) is 1.34. The van der Waals surface area contributed by atoms with E-state index in [2.05, 4.69) is 15.0 Å². The summed E-state index contributed by atoms with van der Waals surface area (Å²) < 4.78 is 17.9. The van der Waals surface area contributed by atoms with Crippen molar-refractivity contribution in [3.63, 3.8) is 0 Å². The first-order chi connectivity index (χ1) is 6.66. The number of carbonyl (C=O) groups is 1. The number of hydrogen-bond donors (Lipinski definition) is 1. The SMILES string of the molecule is Cc1ccc(F)c([C@H]2COC(=O)N2)n1. The lowest BCUT2D eigenvalue weighted by Gasteiger charge is -2.08. The molecule has 1 aromatic rings. The fraction of sp³-hybridized carbons (Fsp3) is 0.333. The number of nitrogens with zero attached hydrogens (tertiary/aromatic N) is 1. The highest BCUT2D eigenvalue weighted by Crippen LogP contribution is 2.19. The number of rotatable bonds is 1. The molecule has 0 aliphatic carbocycles. The number of cyclic esters (lactones) is 1. The van der Waals surface area contributed by atoms with Crippen LogP contribution < -0.4 is 5.32 Å². The molecule has 1 aromatic heterocycles. The molecule has 0 aromatic carbocycles. The van der Waals surface area contributed by atoms with Crippen LogP contribution in [-0.2, 0) is 4.74 Å². The molecular weight excluding hydrogens is 187 g/mol. The molecule has 2 heterocycles. The minimum absolute atomic E-state index is 0.131. The average Bonchev–Trinajstić information content (AvgIpc) is 2.56. The van der Waals surface area contributed by atoms with E-state index in [1.165, 1.54) is 6.07 Å². The van der Waals surface area contributed by atoms with Crippen LogP contribution in [0.15, 0.2) is 12.1 Å². The number of ether oxygens (including phenoxy) is 1. The highest BCUT2D eigenvalue weighted by Gasteiger charge is 2.27. The second-order valence-electron chi connectivity index (χ2n) is 3.12. The highest BCUT2D eigenvalue weighted by molar-refractivity contribution is 5.69. The van der Waals surface area contributed by atoms with E-state index in [1.54, 1.807) is 13.0 Å². The Morgan fingerprint density at radius 3 is 3.07 bits per heavy atom. The Labute approximate surface area is 80.1 Å². The van der Waals surface area contributed by atoms with Crippen molar-refractivity contribution in [2.45, 2.75) is 13.0 Å². The van der Waals surface area contributed by atoms with Crippen LogP contribution >= 0.6 is 0 Å². The third-order valence-corrected chi connectivity index (χ3v) is 2.02. The van der Waals surface area contributed by atoms with Crippen molar-refractivity contribution in [2.75, 3.05) is 6.61 Å². The molecule has 0 saturated carbocycles. The number of halogens is 1. The first kappa shape index (κ1) is 8.93. The summed E-state index contributed by atoms with van der Waals surface area (Å²) in [5.41, 5.74) is 0.943. The number of carbonyl (C=O) groups excluding carboxylic acids is 1. The molecule has 1 aliphatic heterocycles. The molecule has 1 amide bonds. The van der Waals surface area contributed by atoms with Gasteiger partial charge in [-0.15, -0.1) is 0 Å². The predicted molar refractivity (Wildman–Crippen MR) is 46.2 cm³/mol. The second-order valence-corrected chi connectivity index (χ2v) is 3.12. The van der Waals surface area contributed by atoms with Crippen molar-refractivity contribution in [1.82, 2.24) is 10.3 Å². The van der Waals surface area contributed by atoms with Gasteiger partial charge < -0.3 is 10.1 Å². The Kier molecular flexibility index (Phi) is 2.07. The number of hydrogen-bond acceptors (Lipinski definition) is 3. The van der Waals surface area contributed by atoms with Crippen molar-refractivity contribution < 1.29 is 13.9 Å². The standard InChI is InChI=1S/C9H9FN2O2/c1-5-2-3-6(10)8(11-5)7-4-14-9(13)12-7/h2-3,7H,4H2,1H3,(H,12,13)/t7-/m1/s1. The third-order valence-electron chi connectivity index (χ3n) is 2.02. The first-order valence-electron chi connectivity index (χ1n) is 4.23. The van der Waals surface area contributed by atoms with Crippen LogP contribution in [0.2, 0.25) is 0 Å². The number of pyridine rings is 1. The summed E-state index contributed by atoms with van der Waals surface area (Å²) in [6, 6.07) is 2.45. The van der Waals surface area contributed by atoms with Gasteiger partial charge in [-0.2, -0.15) is 0 Å². The van der Waals surface area contributed by atoms with Crippen molar-refractivity contribution in [1.29, 1.82) is 0 Å². The van der Waals surface area contributed by atoms with Gasteiger partial charge in [0.25, 0.3) is 0 Å². The van der Waals surface area contributed by atoms with E-state index in [-0.39, 0.29) is 12.3 Å². The Bertz CT molecular complexity index is 381. The summed E-state index contributed by atoms with van der Waals surface area (Å²) in [4.78, 5) is 14.8. The summed E-state index contributed by atoms with van der Waals surface area (Å²) in [6.45, 7) is 1.90. The Balaban J connectivity index is 2.31. The Morgan fingerprint density at radius 2 is 2.43 bits per heavy atom. The molecule has 0 radical (unpaired) electrons. The van der Waals surface area contributed by atoms with E-state index in [0.29, 0.717) is 5.69 Å². The molecule has 1 N–H and O–H groups in total. The number of nitrogens with one attached hydrogen (secondary N) is 1. The van der Waals surface area contributed by atoms with Gasteiger partial charge in [-0.1, -0.05) is 0 Å². The number of aryl methyl sites for hydroxylation is 1. The van der Waals surface area contributed by atoms with Crippen molar-refractivity contribution >= 4 is 6.09 Å². The molecular formula is C9H9FN2O2. The van der Waals surface area contributed by atoms with E-state index in [9.17, 15) is 9.18 Å². The van der Waals surface area contributed by atoms with Crippen molar-refractivity contribution in [2.24, 2.45) is 0 Å². The molecule has 74 valence electrons. The lowest BCUT2D eigenvalue weighted by Crippen LogP contribution is -2.20. The Hall–Kier alpha value is -1.65. The lowest BCUT2D eigenvalue weighted by molar-refractivity contribution is 0.176.